The zero-order valence-corrected chi connectivity index (χ0v) is 14.8. The Balaban J connectivity index is 3.90. The third kappa shape index (κ3) is 16.0. The molecule has 0 aromatic carbocycles. The molecule has 5 heteroatoms. The van der Waals surface area contributed by atoms with Crippen LogP contribution in [-0.2, 0) is 14.6 Å². The number of aliphatic carboxylic acids is 1. The van der Waals surface area contributed by atoms with Crippen LogP contribution in [0.4, 0.5) is 0 Å². The fourth-order valence-electron chi connectivity index (χ4n) is 1.46. The number of unbranched alkanes of at least 4 members (excludes halogenated alkanes) is 3. The summed E-state index contributed by atoms with van der Waals surface area (Å²) >= 11 is 0. The highest BCUT2D eigenvalue weighted by Gasteiger charge is 2.13. The number of sulfone groups is 1. The summed E-state index contributed by atoms with van der Waals surface area (Å²) in [5, 5.41) is 8.40. The van der Waals surface area contributed by atoms with Gasteiger partial charge in [0, 0.05) is 6.42 Å². The topological polar surface area (TPSA) is 71.4 Å². The molecule has 1 N–H and O–H groups in total. The molecule has 4 nitrogen and oxygen atoms in total. The van der Waals surface area contributed by atoms with Crippen molar-refractivity contribution in [3.05, 3.63) is 0 Å². The Labute approximate surface area is 145 Å². The van der Waals surface area contributed by atoms with E-state index in [1.807, 2.05) is 0 Å². The lowest BCUT2D eigenvalue weighted by Gasteiger charge is -1.92. The molecule has 128 valence electrons. The second kappa shape index (κ2) is 14.3. The second-order valence-electron chi connectivity index (χ2n) is 4.83. The van der Waals surface area contributed by atoms with Crippen molar-refractivity contribution in [2.75, 3.05) is 11.5 Å². The van der Waals surface area contributed by atoms with Gasteiger partial charge in [-0.1, -0.05) is 61.2 Å². The molecule has 0 radical (unpaired) electrons. The molecule has 0 saturated heterocycles. The molecule has 0 aliphatic carbocycles. The van der Waals surface area contributed by atoms with Crippen LogP contribution in [0.25, 0.3) is 0 Å². The smallest absolute Gasteiger partial charge is 0.318 e. The molecule has 24 heavy (non-hydrogen) atoms. The van der Waals surface area contributed by atoms with E-state index in [9.17, 15) is 13.2 Å². The minimum absolute atomic E-state index is 0.238. The predicted octanol–water partition coefficient (Wildman–Crippen LogP) is 2.25. The van der Waals surface area contributed by atoms with Gasteiger partial charge in [0.05, 0.1) is 19.3 Å². The highest BCUT2D eigenvalue weighted by Crippen LogP contribution is 1.96. The van der Waals surface area contributed by atoms with Gasteiger partial charge >= 0.3 is 5.97 Å². The molecule has 0 unspecified atom stereocenters. The van der Waals surface area contributed by atoms with Crippen molar-refractivity contribution >= 4 is 15.8 Å². The molecule has 0 heterocycles. The molecule has 0 bridgehead atoms. The third-order valence-electron chi connectivity index (χ3n) is 2.57. The average molecular weight is 346 g/mol. The minimum atomic E-state index is -3.66. The molecular formula is C19H22O4S. The van der Waals surface area contributed by atoms with Gasteiger partial charge in [-0.3, -0.25) is 4.79 Å². The van der Waals surface area contributed by atoms with Gasteiger partial charge in [-0.15, -0.1) is 5.92 Å². The first-order chi connectivity index (χ1) is 11.5. The summed E-state index contributed by atoms with van der Waals surface area (Å²) in [6.07, 6.45) is 5.69. The summed E-state index contributed by atoms with van der Waals surface area (Å²) in [5.74, 6) is 19.7. The van der Waals surface area contributed by atoms with Gasteiger partial charge in [0.2, 0.25) is 0 Å². The van der Waals surface area contributed by atoms with Crippen molar-refractivity contribution in [3.63, 3.8) is 0 Å². The van der Waals surface area contributed by atoms with Crippen LogP contribution in [0, 0.1) is 47.4 Å². The van der Waals surface area contributed by atoms with E-state index in [1.54, 1.807) is 0 Å². The fourth-order valence-corrected chi connectivity index (χ4v) is 2.26. The number of hydrogen-bond acceptors (Lipinski definition) is 3. The minimum Gasteiger partial charge on any atom is -0.480 e. The highest BCUT2D eigenvalue weighted by atomic mass is 32.2. The molecule has 0 amide bonds. The van der Waals surface area contributed by atoms with Gasteiger partial charge in [0.1, 0.15) is 11.5 Å². The van der Waals surface area contributed by atoms with Crippen LogP contribution in [0.3, 0.4) is 0 Å². The van der Waals surface area contributed by atoms with E-state index < -0.39 is 27.3 Å². The first-order valence-electron chi connectivity index (χ1n) is 7.73. The molecule has 0 spiro atoms. The fraction of sp³-hybridized carbons (Fsp3) is 0.526. The monoisotopic (exact) mass is 346 g/mol. The molecular weight excluding hydrogens is 324 g/mol. The zero-order valence-electron chi connectivity index (χ0n) is 13.9. The van der Waals surface area contributed by atoms with Crippen molar-refractivity contribution in [1.29, 1.82) is 0 Å². The van der Waals surface area contributed by atoms with E-state index >= 15 is 0 Å². The van der Waals surface area contributed by atoms with Crippen LogP contribution >= 0.6 is 0 Å². The molecule has 0 rings (SSSR count). The molecule has 0 aromatic heterocycles. The lowest BCUT2D eigenvalue weighted by molar-refractivity contribution is -0.134. The summed E-state index contributed by atoms with van der Waals surface area (Å²) < 4.78 is 22.5. The summed E-state index contributed by atoms with van der Waals surface area (Å²) in [7, 11) is -3.66. The molecule has 0 aliphatic rings. The maximum atomic E-state index is 11.2. The summed E-state index contributed by atoms with van der Waals surface area (Å²) in [5.41, 5.74) is 0. The predicted molar refractivity (Wildman–Crippen MR) is 95.4 cm³/mol. The van der Waals surface area contributed by atoms with E-state index in [0.717, 1.165) is 12.8 Å². The van der Waals surface area contributed by atoms with Crippen molar-refractivity contribution in [3.8, 4) is 47.4 Å². The van der Waals surface area contributed by atoms with Crippen LogP contribution in [0.2, 0.25) is 0 Å². The van der Waals surface area contributed by atoms with E-state index in [1.165, 1.54) is 12.8 Å². The maximum absolute atomic E-state index is 11.2. The van der Waals surface area contributed by atoms with Crippen LogP contribution in [0.15, 0.2) is 0 Å². The first kappa shape index (κ1) is 21.7. The SMILES string of the molecule is CCCCCC#CCC#CCC#CCC#CCS(=O)(=O)CC(=O)O. The van der Waals surface area contributed by atoms with Gasteiger partial charge in [0.25, 0.3) is 0 Å². The molecule has 0 fully saturated rings. The number of carboxylic acid groups (broad SMARTS) is 1. The van der Waals surface area contributed by atoms with Crippen LogP contribution in [0.1, 0.15) is 51.9 Å². The number of rotatable bonds is 6. The van der Waals surface area contributed by atoms with E-state index in [-0.39, 0.29) is 6.42 Å². The Morgan fingerprint density at radius 2 is 1.33 bits per heavy atom. The highest BCUT2D eigenvalue weighted by molar-refractivity contribution is 7.92. The van der Waals surface area contributed by atoms with Gasteiger partial charge in [-0.25, -0.2) is 8.42 Å². The summed E-state index contributed by atoms with van der Waals surface area (Å²) in [4.78, 5) is 10.3. The third-order valence-corrected chi connectivity index (χ3v) is 3.84. The van der Waals surface area contributed by atoms with Crippen LogP contribution in [0.5, 0.6) is 0 Å². The van der Waals surface area contributed by atoms with E-state index in [0.29, 0.717) is 12.8 Å². The molecule has 0 saturated carbocycles. The Morgan fingerprint density at radius 1 is 0.833 bits per heavy atom. The maximum Gasteiger partial charge on any atom is 0.318 e. The number of carboxylic acids is 1. The van der Waals surface area contributed by atoms with Crippen molar-refractivity contribution < 1.29 is 18.3 Å². The lowest BCUT2D eigenvalue weighted by Crippen LogP contribution is -2.17. The Hall–Kier alpha value is -2.34. The molecule has 0 aromatic rings. The van der Waals surface area contributed by atoms with Crippen molar-refractivity contribution in [2.24, 2.45) is 0 Å². The standard InChI is InChI=1S/C19H22O4S/c1-2-3-4-5-6-7-8-9-10-11-12-13-14-15-16-17-24(22,23)18-19(20)21/h2-5,8,11,14,17-18H2,1H3,(H,20,21). The quantitative estimate of drug-likeness (QED) is 0.591. The summed E-state index contributed by atoms with van der Waals surface area (Å²) in [6, 6.07) is 0. The van der Waals surface area contributed by atoms with Crippen LogP contribution < -0.4 is 0 Å². The number of hydrogen-bond donors (Lipinski definition) is 1. The lowest BCUT2D eigenvalue weighted by atomic mass is 10.2. The van der Waals surface area contributed by atoms with Crippen molar-refractivity contribution in [1.82, 2.24) is 0 Å². The Morgan fingerprint density at radius 3 is 1.83 bits per heavy atom. The van der Waals surface area contributed by atoms with E-state index in [2.05, 4.69) is 54.3 Å². The van der Waals surface area contributed by atoms with Gasteiger partial charge in [-0.05, 0) is 6.42 Å². The summed E-state index contributed by atoms with van der Waals surface area (Å²) in [6.45, 7) is 2.16. The van der Waals surface area contributed by atoms with Gasteiger partial charge in [-0.2, -0.15) is 0 Å². The largest absolute Gasteiger partial charge is 0.480 e. The normalized spacial score (nSPS) is 9.04. The Kier molecular flexibility index (Phi) is 12.9. The van der Waals surface area contributed by atoms with Crippen molar-refractivity contribution in [2.45, 2.75) is 51.9 Å². The van der Waals surface area contributed by atoms with Gasteiger partial charge in [0.15, 0.2) is 9.84 Å². The van der Waals surface area contributed by atoms with Crippen LogP contribution in [-0.4, -0.2) is 31.0 Å². The second-order valence-corrected chi connectivity index (χ2v) is 6.89. The zero-order chi connectivity index (χ0) is 18.1. The van der Waals surface area contributed by atoms with Gasteiger partial charge < -0.3 is 5.11 Å². The molecule has 0 atom stereocenters. The first-order valence-corrected chi connectivity index (χ1v) is 9.55. The number of carbonyl (C=O) groups is 1. The average Bonchev–Trinajstić information content (AvgIpc) is 2.49. The molecule has 0 aliphatic heterocycles. The van der Waals surface area contributed by atoms with E-state index in [4.69, 9.17) is 5.11 Å². The Bertz CT molecular complexity index is 732.